The van der Waals surface area contributed by atoms with Crippen molar-refractivity contribution in [3.63, 3.8) is 0 Å². The molecule has 9 heteroatoms. The maximum absolute atomic E-state index is 11.8. The zero-order chi connectivity index (χ0) is 19.0. The molecule has 0 saturated carbocycles. The summed E-state index contributed by atoms with van der Waals surface area (Å²) < 4.78 is 33.1. The van der Waals surface area contributed by atoms with Crippen LogP contribution in [0.5, 0.6) is 0 Å². The van der Waals surface area contributed by atoms with Crippen LogP contribution in [0.4, 0.5) is 17.1 Å². The Morgan fingerprint density at radius 1 is 0.929 bits per heavy atom. The molecule has 1 heterocycles. The summed E-state index contributed by atoms with van der Waals surface area (Å²) in [7, 11) is -4.45. The molecule has 4 aromatic rings. The van der Waals surface area contributed by atoms with E-state index in [0.717, 1.165) is 10.9 Å². The van der Waals surface area contributed by atoms with E-state index in [1.165, 1.54) is 6.07 Å². The molecule has 1 aromatic heterocycles. The number of pyridine rings is 1. The number of hydrogen-bond acceptors (Lipinski definition) is 6. The molecule has 136 valence electrons. The maximum atomic E-state index is 11.8. The first kappa shape index (κ1) is 20.4. The minimum absolute atomic E-state index is 0. The van der Waals surface area contributed by atoms with Gasteiger partial charge in [-0.2, -0.15) is 13.5 Å². The van der Waals surface area contributed by atoms with Gasteiger partial charge in [-0.05, 0) is 30.3 Å². The molecule has 0 fully saturated rings. The number of anilines is 1. The predicted molar refractivity (Wildman–Crippen MR) is 111 cm³/mol. The second-order valence-electron chi connectivity index (χ2n) is 5.91. The molecule has 0 atom stereocenters. The van der Waals surface area contributed by atoms with Crippen molar-refractivity contribution in [1.82, 2.24) is 4.98 Å². The van der Waals surface area contributed by atoms with Gasteiger partial charge >= 0.3 is 29.6 Å². The van der Waals surface area contributed by atoms with E-state index in [1.807, 2.05) is 24.3 Å². The number of rotatable bonds is 3. The summed E-state index contributed by atoms with van der Waals surface area (Å²) in [6, 6.07) is 17.0. The van der Waals surface area contributed by atoms with Crippen LogP contribution in [-0.2, 0) is 10.1 Å². The molecular weight excluding hydrogens is 387 g/mol. The predicted octanol–water partition coefficient (Wildman–Crippen LogP) is 3.98. The molecule has 3 aromatic carbocycles. The Labute approximate surface area is 183 Å². The van der Waals surface area contributed by atoms with Gasteiger partial charge in [-0.3, -0.25) is 9.54 Å². The van der Waals surface area contributed by atoms with Crippen molar-refractivity contribution in [2.24, 2.45) is 10.2 Å². The van der Waals surface area contributed by atoms with Gasteiger partial charge in [0.05, 0.1) is 16.9 Å². The fourth-order valence-corrected chi connectivity index (χ4v) is 3.60. The molecule has 0 aliphatic heterocycles. The monoisotopic (exact) mass is 402 g/mol. The summed E-state index contributed by atoms with van der Waals surface area (Å²) in [6.07, 6.45) is 1.70. The van der Waals surface area contributed by atoms with Crippen LogP contribution in [0.2, 0.25) is 0 Å². The first-order chi connectivity index (χ1) is 12.9. The van der Waals surface area contributed by atoms with Crippen molar-refractivity contribution in [2.45, 2.75) is 4.90 Å². The molecule has 0 bridgehead atoms. The van der Waals surface area contributed by atoms with Crippen molar-refractivity contribution in [1.29, 1.82) is 0 Å². The van der Waals surface area contributed by atoms with Gasteiger partial charge in [-0.15, -0.1) is 5.11 Å². The molecule has 0 radical (unpaired) electrons. The van der Waals surface area contributed by atoms with E-state index in [0.29, 0.717) is 16.5 Å². The van der Waals surface area contributed by atoms with Crippen molar-refractivity contribution in [2.75, 3.05) is 5.73 Å². The number of nitrogen functional groups attached to an aromatic ring is 1. The summed E-state index contributed by atoms with van der Waals surface area (Å²) in [5, 5.41) is 9.97. The Morgan fingerprint density at radius 2 is 1.68 bits per heavy atom. The van der Waals surface area contributed by atoms with Gasteiger partial charge in [0, 0.05) is 22.4 Å². The third-order valence-electron chi connectivity index (χ3n) is 4.16. The van der Waals surface area contributed by atoms with Crippen LogP contribution in [0.1, 0.15) is 0 Å². The number of hydrogen-bond donors (Lipinski definition) is 2. The molecular formula is C19H15N4NaO3S. The summed E-state index contributed by atoms with van der Waals surface area (Å²) in [4.78, 5) is 3.98. The third kappa shape index (κ3) is 3.91. The van der Waals surface area contributed by atoms with E-state index >= 15 is 0 Å². The van der Waals surface area contributed by atoms with Crippen LogP contribution >= 0.6 is 0 Å². The van der Waals surface area contributed by atoms with Gasteiger partial charge in [-0.1, -0.05) is 30.3 Å². The zero-order valence-corrected chi connectivity index (χ0v) is 14.8. The number of nitrogens with zero attached hydrogens (tertiary/aromatic N) is 3. The normalized spacial score (nSPS) is 11.8. The van der Waals surface area contributed by atoms with Gasteiger partial charge in [0.1, 0.15) is 10.6 Å². The SMILES string of the molecule is Nc1c(/N=N/c2ccc3ncccc3c2)cc(S(=O)(=O)O)c2ccccc12.[NaH]. The van der Waals surface area contributed by atoms with Crippen LogP contribution in [0.15, 0.2) is 82.0 Å². The van der Waals surface area contributed by atoms with Crippen molar-refractivity contribution in [3.05, 3.63) is 66.9 Å². The average molecular weight is 402 g/mol. The van der Waals surface area contributed by atoms with Crippen LogP contribution in [0.3, 0.4) is 0 Å². The van der Waals surface area contributed by atoms with Crippen LogP contribution in [0, 0.1) is 0 Å². The fourth-order valence-electron chi connectivity index (χ4n) is 2.88. The Bertz CT molecular complexity index is 1320. The van der Waals surface area contributed by atoms with Gasteiger partial charge in [-0.25, -0.2) is 0 Å². The molecule has 7 nitrogen and oxygen atoms in total. The van der Waals surface area contributed by atoms with Gasteiger partial charge < -0.3 is 5.73 Å². The summed E-state index contributed by atoms with van der Waals surface area (Å²) in [5.74, 6) is 0. The summed E-state index contributed by atoms with van der Waals surface area (Å²) in [6.45, 7) is 0. The number of nitrogens with two attached hydrogens (primary N) is 1. The van der Waals surface area contributed by atoms with Crippen molar-refractivity contribution >= 4 is 78.4 Å². The van der Waals surface area contributed by atoms with E-state index in [4.69, 9.17) is 5.73 Å². The first-order valence-corrected chi connectivity index (χ1v) is 9.43. The van der Waals surface area contributed by atoms with E-state index < -0.39 is 10.1 Å². The van der Waals surface area contributed by atoms with Gasteiger partial charge in [0.15, 0.2) is 0 Å². The van der Waals surface area contributed by atoms with E-state index in [2.05, 4.69) is 15.2 Å². The molecule has 0 aliphatic carbocycles. The van der Waals surface area contributed by atoms with E-state index in [9.17, 15) is 13.0 Å². The Hall–Kier alpha value is -2.36. The Morgan fingerprint density at radius 3 is 2.43 bits per heavy atom. The number of fused-ring (bicyclic) bond motifs is 2. The fraction of sp³-hybridized carbons (Fsp3) is 0. The second kappa shape index (κ2) is 7.94. The average Bonchev–Trinajstić information content (AvgIpc) is 2.66. The van der Waals surface area contributed by atoms with Crippen molar-refractivity contribution in [3.8, 4) is 0 Å². The standard InChI is InChI=1S/C19H14N4O3S.Na.H/c20-19-15-6-2-1-5-14(15)18(27(24,25)26)11-17(19)23-22-13-7-8-16-12(10-13)4-3-9-21-16;;/h1-11H,20H2,(H,24,25,26);;/b23-22+;;. The molecule has 0 amide bonds. The van der Waals surface area contributed by atoms with E-state index in [1.54, 1.807) is 36.5 Å². The summed E-state index contributed by atoms with van der Waals surface area (Å²) in [5.41, 5.74) is 7.98. The molecule has 0 saturated heterocycles. The first-order valence-electron chi connectivity index (χ1n) is 7.99. The Kier molecular flexibility index (Phi) is 5.78. The third-order valence-corrected chi connectivity index (χ3v) is 5.06. The van der Waals surface area contributed by atoms with Crippen LogP contribution in [-0.4, -0.2) is 47.5 Å². The Balaban J connectivity index is 0.00000225. The number of benzene rings is 3. The molecule has 0 unspecified atom stereocenters. The quantitative estimate of drug-likeness (QED) is 0.233. The molecule has 4 rings (SSSR count). The number of aromatic nitrogens is 1. The molecule has 28 heavy (non-hydrogen) atoms. The zero-order valence-electron chi connectivity index (χ0n) is 13.9. The van der Waals surface area contributed by atoms with Crippen LogP contribution < -0.4 is 5.73 Å². The topological polar surface area (TPSA) is 118 Å². The second-order valence-corrected chi connectivity index (χ2v) is 7.30. The van der Waals surface area contributed by atoms with Gasteiger partial charge in [0.25, 0.3) is 10.1 Å². The van der Waals surface area contributed by atoms with E-state index in [-0.39, 0.29) is 45.8 Å². The molecule has 0 spiro atoms. The molecule has 3 N–H and O–H groups in total. The number of azo groups is 1. The van der Waals surface area contributed by atoms with Crippen LogP contribution in [0.25, 0.3) is 21.7 Å². The molecule has 0 aliphatic rings. The van der Waals surface area contributed by atoms with Gasteiger partial charge in [0.2, 0.25) is 0 Å². The summed E-state index contributed by atoms with van der Waals surface area (Å²) >= 11 is 0. The minimum atomic E-state index is -4.45. The van der Waals surface area contributed by atoms with Crippen molar-refractivity contribution < 1.29 is 13.0 Å².